The minimum Gasteiger partial charge on any atom is -0.397 e. The van der Waals surface area contributed by atoms with Crippen molar-refractivity contribution in [2.45, 2.75) is 19.3 Å². The topological polar surface area (TPSA) is 42.1 Å². The largest absolute Gasteiger partial charge is 0.397 e. The molecule has 2 heterocycles. The van der Waals surface area contributed by atoms with Gasteiger partial charge in [0.1, 0.15) is 5.82 Å². The van der Waals surface area contributed by atoms with Gasteiger partial charge >= 0.3 is 0 Å². The molecule has 3 nitrogen and oxygen atoms in total. The van der Waals surface area contributed by atoms with Gasteiger partial charge in [0.05, 0.1) is 11.9 Å². The van der Waals surface area contributed by atoms with Crippen LogP contribution in [0, 0.1) is 0 Å². The van der Waals surface area contributed by atoms with Crippen LogP contribution in [0.2, 0.25) is 0 Å². The molecule has 0 radical (unpaired) electrons. The Labute approximate surface area is 92.4 Å². The molecule has 0 unspecified atom stereocenters. The van der Waals surface area contributed by atoms with Crippen molar-refractivity contribution in [2.75, 3.05) is 23.7 Å². The van der Waals surface area contributed by atoms with Gasteiger partial charge in [-0.15, -0.1) is 0 Å². The molecule has 14 heavy (non-hydrogen) atoms. The molecule has 0 aromatic carbocycles. The van der Waals surface area contributed by atoms with Gasteiger partial charge in [-0.2, -0.15) is 0 Å². The molecule has 4 heteroatoms. The summed E-state index contributed by atoms with van der Waals surface area (Å²) >= 11 is 3.42. The Bertz CT molecular complexity index is 321. The Balaban J connectivity index is 2.18. The average molecular weight is 256 g/mol. The SMILES string of the molecule is Nc1cnc(N2CCCCC2)cc1Br. The van der Waals surface area contributed by atoms with E-state index in [2.05, 4.69) is 25.8 Å². The van der Waals surface area contributed by atoms with Gasteiger partial charge < -0.3 is 10.6 Å². The predicted octanol–water partition coefficient (Wildman–Crippen LogP) is 2.42. The predicted molar refractivity (Wildman–Crippen MR) is 62.4 cm³/mol. The van der Waals surface area contributed by atoms with Crippen molar-refractivity contribution in [1.29, 1.82) is 0 Å². The first-order chi connectivity index (χ1) is 6.77. The summed E-state index contributed by atoms with van der Waals surface area (Å²) in [6, 6.07) is 2.00. The molecular weight excluding hydrogens is 242 g/mol. The molecule has 0 saturated carbocycles. The molecule has 1 aliphatic rings. The Hall–Kier alpha value is -0.770. The van der Waals surface area contributed by atoms with Crippen LogP contribution in [0.15, 0.2) is 16.7 Å². The molecule has 1 aromatic rings. The van der Waals surface area contributed by atoms with E-state index in [1.807, 2.05) is 6.07 Å². The third kappa shape index (κ3) is 2.00. The number of halogens is 1. The first kappa shape index (κ1) is 9.77. The minimum absolute atomic E-state index is 0.700. The third-order valence-corrected chi connectivity index (χ3v) is 3.23. The number of aromatic nitrogens is 1. The van der Waals surface area contributed by atoms with Crippen LogP contribution in [-0.2, 0) is 0 Å². The number of nitrogens with two attached hydrogens (primary N) is 1. The van der Waals surface area contributed by atoms with Gasteiger partial charge in [-0.05, 0) is 41.3 Å². The normalized spacial score (nSPS) is 17.1. The molecule has 0 aliphatic carbocycles. The Morgan fingerprint density at radius 1 is 1.29 bits per heavy atom. The summed E-state index contributed by atoms with van der Waals surface area (Å²) in [5.41, 5.74) is 6.39. The van der Waals surface area contributed by atoms with E-state index in [1.165, 1.54) is 19.3 Å². The van der Waals surface area contributed by atoms with Crippen molar-refractivity contribution >= 4 is 27.4 Å². The number of hydrogen-bond acceptors (Lipinski definition) is 3. The van der Waals surface area contributed by atoms with Crippen LogP contribution in [0.25, 0.3) is 0 Å². The summed E-state index contributed by atoms with van der Waals surface area (Å²) in [4.78, 5) is 6.65. The first-order valence-electron chi connectivity index (χ1n) is 4.93. The molecule has 0 atom stereocenters. The van der Waals surface area contributed by atoms with E-state index >= 15 is 0 Å². The van der Waals surface area contributed by atoms with Crippen LogP contribution in [0.4, 0.5) is 11.5 Å². The number of nitrogens with zero attached hydrogens (tertiary/aromatic N) is 2. The number of nitrogen functional groups attached to an aromatic ring is 1. The minimum atomic E-state index is 0.700. The lowest BCUT2D eigenvalue weighted by Crippen LogP contribution is -2.30. The fourth-order valence-corrected chi connectivity index (χ4v) is 2.03. The van der Waals surface area contributed by atoms with Gasteiger partial charge in [0, 0.05) is 17.6 Å². The summed E-state index contributed by atoms with van der Waals surface area (Å²) in [7, 11) is 0. The fraction of sp³-hybridized carbons (Fsp3) is 0.500. The molecule has 0 amide bonds. The van der Waals surface area contributed by atoms with E-state index in [4.69, 9.17) is 5.73 Å². The fourth-order valence-electron chi connectivity index (χ4n) is 1.73. The van der Waals surface area contributed by atoms with Crippen LogP contribution < -0.4 is 10.6 Å². The maximum absolute atomic E-state index is 5.69. The van der Waals surface area contributed by atoms with Crippen LogP contribution in [0.5, 0.6) is 0 Å². The van der Waals surface area contributed by atoms with E-state index < -0.39 is 0 Å². The zero-order chi connectivity index (χ0) is 9.97. The van der Waals surface area contributed by atoms with Gasteiger partial charge in [-0.3, -0.25) is 0 Å². The molecule has 1 saturated heterocycles. The number of rotatable bonds is 1. The van der Waals surface area contributed by atoms with Crippen LogP contribution >= 0.6 is 15.9 Å². The molecule has 0 bridgehead atoms. The second-order valence-corrected chi connectivity index (χ2v) is 4.47. The number of hydrogen-bond donors (Lipinski definition) is 1. The zero-order valence-electron chi connectivity index (χ0n) is 8.04. The van der Waals surface area contributed by atoms with Crippen molar-refractivity contribution < 1.29 is 0 Å². The highest BCUT2D eigenvalue weighted by Gasteiger charge is 2.12. The molecule has 2 N–H and O–H groups in total. The Kier molecular flexibility index (Phi) is 2.91. The Morgan fingerprint density at radius 2 is 2.00 bits per heavy atom. The summed E-state index contributed by atoms with van der Waals surface area (Å²) in [6.45, 7) is 2.23. The van der Waals surface area contributed by atoms with Gasteiger partial charge in [-0.1, -0.05) is 0 Å². The molecule has 1 aromatic heterocycles. The molecule has 1 aliphatic heterocycles. The zero-order valence-corrected chi connectivity index (χ0v) is 9.63. The average Bonchev–Trinajstić information content (AvgIpc) is 2.23. The summed E-state index contributed by atoms with van der Waals surface area (Å²) < 4.78 is 0.938. The van der Waals surface area contributed by atoms with E-state index in [0.29, 0.717) is 5.69 Å². The first-order valence-corrected chi connectivity index (χ1v) is 5.72. The molecule has 76 valence electrons. The second kappa shape index (κ2) is 4.17. The van der Waals surface area contributed by atoms with E-state index in [0.717, 1.165) is 23.4 Å². The quantitative estimate of drug-likeness (QED) is 0.839. The lowest BCUT2D eigenvalue weighted by Gasteiger charge is -2.27. The standard InChI is InChI=1S/C10H14BrN3/c11-8-6-10(13-7-9(8)12)14-4-2-1-3-5-14/h6-7H,1-5,12H2. The smallest absolute Gasteiger partial charge is 0.129 e. The van der Waals surface area contributed by atoms with Crippen molar-refractivity contribution in [1.82, 2.24) is 4.98 Å². The monoisotopic (exact) mass is 255 g/mol. The van der Waals surface area contributed by atoms with Crippen molar-refractivity contribution in [3.63, 3.8) is 0 Å². The highest BCUT2D eigenvalue weighted by Crippen LogP contribution is 2.24. The lowest BCUT2D eigenvalue weighted by atomic mass is 10.1. The highest BCUT2D eigenvalue weighted by molar-refractivity contribution is 9.10. The summed E-state index contributed by atoms with van der Waals surface area (Å²) in [6.07, 6.45) is 5.59. The van der Waals surface area contributed by atoms with Gasteiger partial charge in [0.15, 0.2) is 0 Å². The van der Waals surface area contributed by atoms with Gasteiger partial charge in [0.2, 0.25) is 0 Å². The van der Waals surface area contributed by atoms with Crippen LogP contribution in [-0.4, -0.2) is 18.1 Å². The molecule has 2 rings (SSSR count). The van der Waals surface area contributed by atoms with Crippen LogP contribution in [0.3, 0.4) is 0 Å². The molecule has 1 fully saturated rings. The maximum atomic E-state index is 5.69. The number of pyridine rings is 1. The van der Waals surface area contributed by atoms with Gasteiger partial charge in [0.25, 0.3) is 0 Å². The Morgan fingerprint density at radius 3 is 2.64 bits per heavy atom. The summed E-state index contributed by atoms with van der Waals surface area (Å²) in [5, 5.41) is 0. The number of anilines is 2. The molecule has 0 spiro atoms. The summed E-state index contributed by atoms with van der Waals surface area (Å²) in [5.74, 6) is 1.03. The second-order valence-electron chi connectivity index (χ2n) is 3.61. The van der Waals surface area contributed by atoms with Crippen molar-refractivity contribution in [3.8, 4) is 0 Å². The van der Waals surface area contributed by atoms with E-state index in [1.54, 1.807) is 6.20 Å². The van der Waals surface area contributed by atoms with Gasteiger partial charge in [-0.25, -0.2) is 4.98 Å². The molecular formula is C10H14BrN3. The van der Waals surface area contributed by atoms with Crippen molar-refractivity contribution in [3.05, 3.63) is 16.7 Å². The third-order valence-electron chi connectivity index (χ3n) is 2.55. The maximum Gasteiger partial charge on any atom is 0.129 e. The number of piperidine rings is 1. The van der Waals surface area contributed by atoms with E-state index in [-0.39, 0.29) is 0 Å². The highest BCUT2D eigenvalue weighted by atomic mass is 79.9. The van der Waals surface area contributed by atoms with Crippen molar-refractivity contribution in [2.24, 2.45) is 0 Å². The van der Waals surface area contributed by atoms with Crippen LogP contribution in [0.1, 0.15) is 19.3 Å². The lowest BCUT2D eigenvalue weighted by molar-refractivity contribution is 0.573. The van der Waals surface area contributed by atoms with E-state index in [9.17, 15) is 0 Å².